The van der Waals surface area contributed by atoms with E-state index in [2.05, 4.69) is 101 Å². The largest absolute Gasteiger partial charge is 0.300 e. The molecule has 30 heavy (non-hydrogen) atoms. The lowest BCUT2D eigenvalue weighted by molar-refractivity contribution is 0.911. The summed E-state index contributed by atoms with van der Waals surface area (Å²) < 4.78 is 2.13. The van der Waals surface area contributed by atoms with Gasteiger partial charge in [0.05, 0.1) is 22.2 Å². The monoisotopic (exact) mass is 383 g/mol. The first-order valence-electron chi connectivity index (χ1n) is 10.2. The van der Waals surface area contributed by atoms with Crippen molar-refractivity contribution < 1.29 is 0 Å². The highest BCUT2D eigenvalue weighted by atomic mass is 15.3. The van der Waals surface area contributed by atoms with Crippen molar-refractivity contribution in [2.24, 2.45) is 0 Å². The van der Waals surface area contributed by atoms with Crippen LogP contribution in [0.5, 0.6) is 0 Å². The van der Waals surface area contributed by atoms with Crippen LogP contribution in [-0.4, -0.2) is 14.8 Å². The van der Waals surface area contributed by atoms with Crippen molar-refractivity contribution in [3.8, 4) is 5.69 Å². The molecule has 0 aliphatic rings. The Morgan fingerprint density at radius 3 is 2.20 bits per heavy atom. The second kappa shape index (κ2) is 5.71. The minimum atomic E-state index is 1.04. The fourth-order valence-corrected chi connectivity index (χ4v) is 4.85. The van der Waals surface area contributed by atoms with Crippen LogP contribution in [-0.2, 0) is 0 Å². The third-order valence-electron chi connectivity index (χ3n) is 6.19. The summed E-state index contributed by atoms with van der Waals surface area (Å²) in [6, 6.07) is 32.1. The Balaban J connectivity index is 1.66. The zero-order valence-corrected chi connectivity index (χ0v) is 16.1. The molecule has 2 heterocycles. The van der Waals surface area contributed by atoms with E-state index < -0.39 is 0 Å². The summed E-state index contributed by atoms with van der Waals surface area (Å²) in [5.41, 5.74) is 4.36. The molecule has 7 rings (SSSR count). The number of nitrogens with zero attached hydrogens (tertiary/aromatic N) is 2. The molecule has 3 heteroatoms. The first kappa shape index (κ1) is 15.8. The number of fused-ring (bicyclic) bond motifs is 9. The molecule has 3 nitrogen and oxygen atoms in total. The predicted octanol–water partition coefficient (Wildman–Crippen LogP) is 6.97. The van der Waals surface area contributed by atoms with E-state index in [1.807, 2.05) is 6.07 Å². The average Bonchev–Trinajstić information content (AvgIpc) is 3.40. The highest BCUT2D eigenvalue weighted by Gasteiger charge is 2.15. The zero-order valence-electron chi connectivity index (χ0n) is 16.1. The van der Waals surface area contributed by atoms with Gasteiger partial charge in [-0.05, 0) is 51.9 Å². The number of aromatic nitrogens is 3. The van der Waals surface area contributed by atoms with E-state index in [1.54, 1.807) is 0 Å². The van der Waals surface area contributed by atoms with Crippen LogP contribution in [0.25, 0.3) is 59.9 Å². The molecule has 2 aromatic heterocycles. The Morgan fingerprint density at radius 1 is 0.567 bits per heavy atom. The predicted molar refractivity (Wildman–Crippen MR) is 125 cm³/mol. The second-order valence-electron chi connectivity index (χ2n) is 7.79. The van der Waals surface area contributed by atoms with Crippen molar-refractivity contribution in [2.75, 3.05) is 0 Å². The van der Waals surface area contributed by atoms with Gasteiger partial charge in [0.2, 0.25) is 0 Å². The van der Waals surface area contributed by atoms with Crippen molar-refractivity contribution in [1.29, 1.82) is 0 Å². The van der Waals surface area contributed by atoms with Crippen LogP contribution in [0.3, 0.4) is 0 Å². The summed E-state index contributed by atoms with van der Waals surface area (Å²) >= 11 is 0. The molecule has 1 N–H and O–H groups in total. The molecule has 0 radical (unpaired) electrons. The maximum absolute atomic E-state index is 4.95. The molecule has 0 aliphatic carbocycles. The Morgan fingerprint density at radius 2 is 1.30 bits per heavy atom. The maximum Gasteiger partial charge on any atom is 0.0725 e. The summed E-state index contributed by atoms with van der Waals surface area (Å²) in [5, 5.41) is 12.2. The highest BCUT2D eigenvalue weighted by molar-refractivity contribution is 6.29. The van der Waals surface area contributed by atoms with Gasteiger partial charge in [0.25, 0.3) is 0 Å². The van der Waals surface area contributed by atoms with Crippen LogP contribution in [0.2, 0.25) is 0 Å². The average molecular weight is 383 g/mol. The quantitative estimate of drug-likeness (QED) is 0.305. The molecule has 0 atom stereocenters. The molecule has 0 fully saturated rings. The van der Waals surface area contributed by atoms with Crippen molar-refractivity contribution in [1.82, 2.24) is 14.8 Å². The van der Waals surface area contributed by atoms with Crippen LogP contribution >= 0.6 is 0 Å². The molecular formula is C27H17N3. The molecule has 0 amide bonds. The third-order valence-corrected chi connectivity index (χ3v) is 6.19. The molecule has 0 saturated heterocycles. The highest BCUT2D eigenvalue weighted by Crippen LogP contribution is 2.38. The fraction of sp³-hybridized carbons (Fsp3) is 0. The Kier molecular flexibility index (Phi) is 3.00. The van der Waals surface area contributed by atoms with Crippen molar-refractivity contribution in [3.63, 3.8) is 0 Å². The number of benzene rings is 5. The smallest absolute Gasteiger partial charge is 0.0725 e. The lowest BCUT2D eigenvalue weighted by Gasteiger charge is -2.06. The lowest BCUT2D eigenvalue weighted by Crippen LogP contribution is -1.94. The van der Waals surface area contributed by atoms with Gasteiger partial charge < -0.3 is 5.10 Å². The standard InChI is InChI=1S/C27H17N3/c1-2-7-18(8-3-1)30-25-15-14-24-27(22(25)16-28-30)26-21-11-10-17-6-4-5-9-19(17)20(21)12-13-23(26)29-24/h1-16,28H. The van der Waals surface area contributed by atoms with Crippen molar-refractivity contribution in [3.05, 3.63) is 97.2 Å². The molecule has 7 aromatic rings. The van der Waals surface area contributed by atoms with Gasteiger partial charge in [-0.1, -0.05) is 60.7 Å². The van der Waals surface area contributed by atoms with Gasteiger partial charge in [0.15, 0.2) is 0 Å². The minimum Gasteiger partial charge on any atom is -0.300 e. The summed E-state index contributed by atoms with van der Waals surface area (Å²) in [4.78, 5) is 4.95. The zero-order chi connectivity index (χ0) is 19.7. The lowest BCUT2D eigenvalue weighted by atomic mass is 9.97. The molecule has 0 saturated carbocycles. The van der Waals surface area contributed by atoms with Crippen molar-refractivity contribution >= 4 is 54.3 Å². The molecule has 0 aliphatic heterocycles. The van der Waals surface area contributed by atoms with Gasteiger partial charge in [-0.25, -0.2) is 4.98 Å². The van der Waals surface area contributed by atoms with Crippen LogP contribution in [0, 0.1) is 0 Å². The number of H-pyrrole nitrogens is 1. The van der Waals surface area contributed by atoms with E-state index in [-0.39, 0.29) is 0 Å². The number of hydrogen-bond donors (Lipinski definition) is 1. The van der Waals surface area contributed by atoms with Gasteiger partial charge in [0.1, 0.15) is 0 Å². The Labute approximate surface area is 172 Å². The first-order valence-corrected chi connectivity index (χ1v) is 10.2. The van der Waals surface area contributed by atoms with E-state index in [1.165, 1.54) is 37.7 Å². The summed E-state index contributed by atoms with van der Waals surface area (Å²) in [6.07, 6.45) is 2.10. The molecule has 0 unspecified atom stereocenters. The van der Waals surface area contributed by atoms with E-state index in [4.69, 9.17) is 4.98 Å². The molecular weight excluding hydrogens is 366 g/mol. The number of nitrogens with one attached hydrogen (secondary N) is 1. The summed E-state index contributed by atoms with van der Waals surface area (Å²) in [5.74, 6) is 0. The van der Waals surface area contributed by atoms with Crippen LogP contribution in [0.15, 0.2) is 97.2 Å². The number of rotatable bonds is 1. The van der Waals surface area contributed by atoms with Gasteiger partial charge in [-0.15, -0.1) is 0 Å². The molecule has 0 spiro atoms. The Hall–Kier alpha value is -4.11. The van der Waals surface area contributed by atoms with E-state index >= 15 is 0 Å². The molecule has 5 aromatic carbocycles. The van der Waals surface area contributed by atoms with Gasteiger partial charge >= 0.3 is 0 Å². The van der Waals surface area contributed by atoms with E-state index in [0.717, 1.165) is 22.2 Å². The normalized spacial score (nSPS) is 12.0. The Bertz CT molecular complexity index is 1740. The topological polar surface area (TPSA) is 33.6 Å². The van der Waals surface area contributed by atoms with Gasteiger partial charge in [-0.2, -0.15) is 0 Å². The molecule has 0 bridgehead atoms. The number of aromatic amines is 1. The van der Waals surface area contributed by atoms with Crippen LogP contribution in [0.4, 0.5) is 0 Å². The number of para-hydroxylation sites is 1. The SMILES string of the molecule is c1ccc(-n2[nH]cc3c4c(ccc32)nc2ccc3c5ccccc5ccc3c24)cc1. The fourth-order valence-electron chi connectivity index (χ4n) is 4.85. The third kappa shape index (κ3) is 2.01. The first-order chi connectivity index (χ1) is 14.9. The summed E-state index contributed by atoms with van der Waals surface area (Å²) in [6.45, 7) is 0. The van der Waals surface area contributed by atoms with E-state index in [0.29, 0.717) is 0 Å². The van der Waals surface area contributed by atoms with Gasteiger partial charge in [-0.3, -0.25) is 4.68 Å². The number of hydrogen-bond acceptors (Lipinski definition) is 1. The van der Waals surface area contributed by atoms with Crippen LogP contribution in [0.1, 0.15) is 0 Å². The van der Waals surface area contributed by atoms with Crippen molar-refractivity contribution in [2.45, 2.75) is 0 Å². The van der Waals surface area contributed by atoms with Crippen LogP contribution < -0.4 is 0 Å². The second-order valence-corrected chi connectivity index (χ2v) is 7.79. The van der Waals surface area contributed by atoms with E-state index in [9.17, 15) is 0 Å². The van der Waals surface area contributed by atoms with Gasteiger partial charge in [0, 0.05) is 22.4 Å². The maximum atomic E-state index is 4.95. The molecule has 140 valence electrons. The minimum absolute atomic E-state index is 1.04. The summed E-state index contributed by atoms with van der Waals surface area (Å²) in [7, 11) is 0.